The number of nitrogens with one attached hydrogen (secondary N) is 1. The maximum atomic E-state index is 12.5. The first-order valence-electron chi connectivity index (χ1n) is 7.74. The number of benzene rings is 1. The highest BCUT2D eigenvalue weighted by Crippen LogP contribution is 2.38. The second kappa shape index (κ2) is 7.31. The maximum Gasteiger partial charge on any atom is 0.336 e. The summed E-state index contributed by atoms with van der Waals surface area (Å²) >= 11 is 0. The number of hydrogen-bond donors (Lipinski definition) is 1. The minimum atomic E-state index is -0.382. The Morgan fingerprint density at radius 1 is 1.35 bits per heavy atom. The van der Waals surface area contributed by atoms with Crippen LogP contribution in [0.15, 0.2) is 35.5 Å². The van der Waals surface area contributed by atoms with Crippen molar-refractivity contribution in [2.75, 3.05) is 13.7 Å². The van der Waals surface area contributed by atoms with Crippen molar-refractivity contribution in [2.24, 2.45) is 5.92 Å². The Morgan fingerprint density at radius 2 is 2.04 bits per heavy atom. The summed E-state index contributed by atoms with van der Waals surface area (Å²) in [5, 5.41) is 2.73. The zero-order valence-corrected chi connectivity index (χ0v) is 14.0. The van der Waals surface area contributed by atoms with E-state index in [-0.39, 0.29) is 30.1 Å². The summed E-state index contributed by atoms with van der Waals surface area (Å²) < 4.78 is 10.8. The van der Waals surface area contributed by atoms with Crippen molar-refractivity contribution < 1.29 is 19.1 Å². The van der Waals surface area contributed by atoms with Crippen molar-refractivity contribution in [1.29, 1.82) is 0 Å². The van der Waals surface area contributed by atoms with Crippen LogP contribution in [0.4, 0.5) is 0 Å². The summed E-state index contributed by atoms with van der Waals surface area (Å²) in [5.41, 5.74) is 1.86. The molecule has 1 aliphatic heterocycles. The Balaban J connectivity index is 2.40. The van der Waals surface area contributed by atoms with E-state index in [9.17, 15) is 9.59 Å². The van der Waals surface area contributed by atoms with Crippen LogP contribution in [0.25, 0.3) is 0 Å². The summed E-state index contributed by atoms with van der Waals surface area (Å²) in [7, 11) is 1.58. The molecular formula is C18H23NO4. The third-order valence-electron chi connectivity index (χ3n) is 3.75. The summed E-state index contributed by atoms with van der Waals surface area (Å²) in [6.45, 7) is 6.04. The standard InChI is InChI=1S/C18H23NO4/c1-11(2)10-23-18(21)17-12(3)19-16(20)9-14(17)13-7-5-6-8-15(13)22-4/h5-8,11,14H,9-10H2,1-4H3,(H,19,20)/t14-/m1/s1. The van der Waals surface area contributed by atoms with E-state index in [0.717, 1.165) is 5.56 Å². The molecule has 1 amide bonds. The molecule has 0 saturated heterocycles. The molecule has 1 heterocycles. The van der Waals surface area contributed by atoms with Gasteiger partial charge in [-0.3, -0.25) is 4.79 Å². The fourth-order valence-corrected chi connectivity index (χ4v) is 2.71. The number of carbonyl (C=O) groups is 2. The van der Waals surface area contributed by atoms with Gasteiger partial charge in [0.15, 0.2) is 0 Å². The SMILES string of the molecule is COc1ccccc1[C@H]1CC(=O)NC(C)=C1C(=O)OCC(C)C. The van der Waals surface area contributed by atoms with Gasteiger partial charge < -0.3 is 14.8 Å². The van der Waals surface area contributed by atoms with Crippen LogP contribution >= 0.6 is 0 Å². The summed E-state index contributed by atoms with van der Waals surface area (Å²) in [4.78, 5) is 24.5. The van der Waals surface area contributed by atoms with E-state index >= 15 is 0 Å². The van der Waals surface area contributed by atoms with E-state index in [2.05, 4.69) is 5.32 Å². The van der Waals surface area contributed by atoms with Crippen LogP contribution in [0.3, 0.4) is 0 Å². The Bertz CT molecular complexity index is 634. The van der Waals surface area contributed by atoms with Gasteiger partial charge in [-0.25, -0.2) is 4.79 Å². The lowest BCUT2D eigenvalue weighted by Crippen LogP contribution is -2.34. The van der Waals surface area contributed by atoms with E-state index in [0.29, 0.717) is 23.6 Å². The molecule has 0 spiro atoms. The first-order valence-corrected chi connectivity index (χ1v) is 7.74. The molecule has 0 fully saturated rings. The molecule has 1 aromatic carbocycles. The number of allylic oxidation sites excluding steroid dienone is 1. The minimum absolute atomic E-state index is 0.112. The van der Waals surface area contributed by atoms with Gasteiger partial charge >= 0.3 is 5.97 Å². The van der Waals surface area contributed by atoms with Crippen LogP contribution in [0, 0.1) is 5.92 Å². The summed E-state index contributed by atoms with van der Waals surface area (Å²) in [6.07, 6.45) is 0.198. The second-order valence-corrected chi connectivity index (χ2v) is 6.08. The molecule has 0 unspecified atom stereocenters. The highest BCUT2D eigenvalue weighted by molar-refractivity contribution is 5.96. The number of ether oxygens (including phenoxy) is 2. The van der Waals surface area contributed by atoms with Crippen molar-refractivity contribution in [3.8, 4) is 5.75 Å². The Kier molecular flexibility index (Phi) is 5.42. The van der Waals surface area contributed by atoms with Crippen molar-refractivity contribution in [3.05, 3.63) is 41.1 Å². The molecule has 1 aliphatic rings. The smallest absolute Gasteiger partial charge is 0.336 e. The molecule has 0 bridgehead atoms. The van der Waals surface area contributed by atoms with Crippen molar-refractivity contribution in [1.82, 2.24) is 5.32 Å². The molecule has 5 heteroatoms. The largest absolute Gasteiger partial charge is 0.496 e. The van der Waals surface area contributed by atoms with Gasteiger partial charge in [0, 0.05) is 23.6 Å². The predicted octanol–water partition coefficient (Wildman–Crippen LogP) is 2.77. The molecule has 23 heavy (non-hydrogen) atoms. The number of carbonyl (C=O) groups excluding carboxylic acids is 2. The van der Waals surface area contributed by atoms with Crippen LogP contribution in [0.2, 0.25) is 0 Å². The quantitative estimate of drug-likeness (QED) is 0.848. The Morgan fingerprint density at radius 3 is 2.70 bits per heavy atom. The van der Waals surface area contributed by atoms with Crippen molar-refractivity contribution in [2.45, 2.75) is 33.1 Å². The van der Waals surface area contributed by atoms with Gasteiger partial charge in [0.25, 0.3) is 0 Å². The lowest BCUT2D eigenvalue weighted by atomic mass is 9.84. The van der Waals surface area contributed by atoms with Gasteiger partial charge in [0.05, 0.1) is 19.3 Å². The van der Waals surface area contributed by atoms with Gasteiger partial charge in [0.1, 0.15) is 5.75 Å². The van der Waals surface area contributed by atoms with Gasteiger partial charge in [-0.15, -0.1) is 0 Å². The molecular weight excluding hydrogens is 294 g/mol. The van der Waals surface area contributed by atoms with Gasteiger partial charge in [-0.05, 0) is 18.9 Å². The topological polar surface area (TPSA) is 64.6 Å². The third-order valence-corrected chi connectivity index (χ3v) is 3.75. The molecule has 0 saturated carbocycles. The maximum absolute atomic E-state index is 12.5. The number of rotatable bonds is 5. The van der Waals surface area contributed by atoms with Gasteiger partial charge in [-0.1, -0.05) is 32.0 Å². The van der Waals surface area contributed by atoms with E-state index in [1.165, 1.54) is 0 Å². The van der Waals surface area contributed by atoms with Crippen molar-refractivity contribution >= 4 is 11.9 Å². The first kappa shape index (κ1) is 17.1. The van der Waals surface area contributed by atoms with Crippen molar-refractivity contribution in [3.63, 3.8) is 0 Å². The van der Waals surface area contributed by atoms with E-state index in [4.69, 9.17) is 9.47 Å². The summed E-state index contributed by atoms with van der Waals surface area (Å²) in [6, 6.07) is 7.44. The Labute approximate surface area is 136 Å². The van der Waals surface area contributed by atoms with Crippen LogP contribution in [0.5, 0.6) is 5.75 Å². The summed E-state index contributed by atoms with van der Waals surface area (Å²) in [5.74, 6) is 0.0578. The molecule has 1 N–H and O–H groups in total. The predicted molar refractivity (Wildman–Crippen MR) is 87.0 cm³/mol. The van der Waals surface area contributed by atoms with Crippen LogP contribution in [0.1, 0.15) is 38.7 Å². The van der Waals surface area contributed by atoms with Crippen LogP contribution in [-0.4, -0.2) is 25.6 Å². The number of para-hydroxylation sites is 1. The average Bonchev–Trinajstić information content (AvgIpc) is 2.51. The fourth-order valence-electron chi connectivity index (χ4n) is 2.71. The minimum Gasteiger partial charge on any atom is -0.496 e. The lowest BCUT2D eigenvalue weighted by Gasteiger charge is -2.27. The monoisotopic (exact) mass is 317 g/mol. The lowest BCUT2D eigenvalue weighted by molar-refractivity contribution is -0.140. The van der Waals surface area contributed by atoms with E-state index < -0.39 is 0 Å². The van der Waals surface area contributed by atoms with E-state index in [1.807, 2.05) is 38.1 Å². The molecule has 5 nitrogen and oxygen atoms in total. The average molecular weight is 317 g/mol. The molecule has 2 rings (SSSR count). The normalized spacial score (nSPS) is 18.0. The third kappa shape index (κ3) is 3.92. The molecule has 0 aliphatic carbocycles. The van der Waals surface area contributed by atoms with Gasteiger partial charge in [-0.2, -0.15) is 0 Å². The highest BCUT2D eigenvalue weighted by Gasteiger charge is 2.34. The van der Waals surface area contributed by atoms with Crippen LogP contribution in [-0.2, 0) is 14.3 Å². The highest BCUT2D eigenvalue weighted by atomic mass is 16.5. The molecule has 0 radical (unpaired) electrons. The van der Waals surface area contributed by atoms with E-state index in [1.54, 1.807) is 14.0 Å². The molecule has 124 valence electrons. The number of esters is 1. The molecule has 0 aromatic heterocycles. The Hall–Kier alpha value is -2.30. The number of hydrogen-bond acceptors (Lipinski definition) is 4. The zero-order valence-electron chi connectivity index (χ0n) is 14.0. The number of amides is 1. The first-order chi connectivity index (χ1) is 10.9. The fraction of sp³-hybridized carbons (Fsp3) is 0.444. The zero-order chi connectivity index (χ0) is 17.0. The van der Waals surface area contributed by atoms with Gasteiger partial charge in [0.2, 0.25) is 5.91 Å². The second-order valence-electron chi connectivity index (χ2n) is 6.08. The molecule has 1 atom stereocenters. The van der Waals surface area contributed by atoms with Crippen LogP contribution < -0.4 is 10.1 Å². The number of methoxy groups -OCH3 is 1. The molecule has 1 aromatic rings.